The predicted octanol–water partition coefficient (Wildman–Crippen LogP) is 4.31. The van der Waals surface area contributed by atoms with E-state index in [2.05, 4.69) is 64.3 Å². The van der Waals surface area contributed by atoms with Crippen molar-refractivity contribution >= 4 is 29.3 Å². The van der Waals surface area contributed by atoms with Crippen molar-refractivity contribution in [1.82, 2.24) is 39.9 Å². The molecule has 6 heterocycles. The minimum atomic E-state index is -4.60. The number of hydrogen-bond donors (Lipinski definition) is 1. The molecule has 2 atom stereocenters. The number of nitrogens with zero attached hydrogens (tertiary/aromatic N) is 9. The predicted molar refractivity (Wildman–Crippen MR) is 212 cm³/mol. The molecular formula is C42H51F3N10O3. The van der Waals surface area contributed by atoms with E-state index < -0.39 is 23.5 Å². The number of likely N-dealkylation sites (tertiary alicyclic amines) is 2. The number of piperidine rings is 1. The lowest BCUT2D eigenvalue weighted by molar-refractivity contribution is -0.147. The Bertz CT molecular complexity index is 2070. The molecule has 16 heteroatoms. The number of fused-ring (bicyclic) bond motifs is 1. The highest BCUT2D eigenvalue weighted by Gasteiger charge is 2.41. The van der Waals surface area contributed by atoms with Gasteiger partial charge in [0.25, 0.3) is 5.82 Å². The molecule has 13 nitrogen and oxygen atoms in total. The van der Waals surface area contributed by atoms with Crippen molar-refractivity contribution in [3.8, 4) is 11.8 Å². The van der Waals surface area contributed by atoms with Crippen LogP contribution in [0, 0.1) is 17.3 Å². The smallest absolute Gasteiger partial charge is 0.359 e. The maximum absolute atomic E-state index is 13.4. The molecular weight excluding hydrogens is 750 g/mol. The number of Topliss-reactive ketones (excluding diaryl/α,β-unsaturated/α-hetero) is 1. The molecule has 0 saturated carbocycles. The van der Waals surface area contributed by atoms with Gasteiger partial charge in [0.05, 0.1) is 6.54 Å². The Morgan fingerprint density at radius 2 is 1.59 bits per heavy atom. The molecule has 3 saturated heterocycles. The molecule has 2 unspecified atom stereocenters. The molecule has 7 rings (SSSR count). The van der Waals surface area contributed by atoms with Gasteiger partial charge in [-0.15, -0.1) is 10.2 Å². The summed E-state index contributed by atoms with van der Waals surface area (Å²) in [5.41, 5.74) is 2.44. The lowest BCUT2D eigenvalue weighted by atomic mass is 9.85. The number of benzene rings is 1. The topological polar surface area (TPSA) is 132 Å². The summed E-state index contributed by atoms with van der Waals surface area (Å²) in [6.45, 7) is 12.9. The van der Waals surface area contributed by atoms with Crippen LogP contribution in [0.15, 0.2) is 47.7 Å². The van der Waals surface area contributed by atoms with Gasteiger partial charge in [0.2, 0.25) is 11.8 Å². The standard InChI is InChI=1S/C42H51F3N10O3/c1-28-25-33(56)27-54(28)39(58)38(41(2,3)4)47-37(57)17-18-51-21-23-53(24-22-51)34-12-9-30(26-46-34)6-5-29-7-10-31(11-8-29)32-15-19-52(20-16-32)36-14-13-35-48-49-40(42(43,44)45)55(35)50-36/h7-12,26,28,32,38H,13-25,27H2,1-4H3,(H,47,57). The number of amides is 2. The van der Waals surface area contributed by atoms with Gasteiger partial charge in [0.15, 0.2) is 11.6 Å². The zero-order valence-corrected chi connectivity index (χ0v) is 33.6. The van der Waals surface area contributed by atoms with Crippen molar-refractivity contribution in [2.75, 3.05) is 57.3 Å². The first-order valence-corrected chi connectivity index (χ1v) is 20.1. The number of hydrogen-bond acceptors (Lipinski definition) is 10. The number of anilines is 1. The lowest BCUT2D eigenvalue weighted by Gasteiger charge is -2.36. The number of nitrogens with one attached hydrogen (secondary N) is 1. The fourth-order valence-corrected chi connectivity index (χ4v) is 8.11. The SMILES string of the molecule is CC1CC(=O)CN1C(=O)C(NC(=O)CCN1CCN(c2ccc(C#Cc3ccc(C4CCN(C5=Nn6c(nnc6C(F)(F)F)CC5)CC4)cc3)cn2)CC1)C(C)(C)C. The maximum Gasteiger partial charge on any atom is 0.453 e. The van der Waals surface area contributed by atoms with Crippen LogP contribution in [0.25, 0.3) is 0 Å². The molecule has 1 N–H and O–H groups in total. The average Bonchev–Trinajstić information content (AvgIpc) is 3.80. The summed E-state index contributed by atoms with van der Waals surface area (Å²) in [4.78, 5) is 51.1. The minimum absolute atomic E-state index is 0.0471. The first kappa shape index (κ1) is 40.9. The van der Waals surface area contributed by atoms with Crippen molar-refractivity contribution in [2.45, 2.75) is 90.4 Å². The van der Waals surface area contributed by atoms with Crippen molar-refractivity contribution in [2.24, 2.45) is 10.5 Å². The van der Waals surface area contributed by atoms with Gasteiger partial charge in [-0.2, -0.15) is 22.9 Å². The third-order valence-electron chi connectivity index (χ3n) is 11.5. The second-order valence-corrected chi connectivity index (χ2v) is 16.8. The van der Waals surface area contributed by atoms with Gasteiger partial charge in [0.1, 0.15) is 17.7 Å². The van der Waals surface area contributed by atoms with E-state index in [9.17, 15) is 27.6 Å². The first-order valence-electron chi connectivity index (χ1n) is 20.1. The molecule has 1 aromatic carbocycles. The Morgan fingerprint density at radius 1 is 0.897 bits per heavy atom. The molecule has 0 radical (unpaired) electrons. The number of piperazine rings is 1. The number of amidine groups is 1. The van der Waals surface area contributed by atoms with Crippen LogP contribution in [0.5, 0.6) is 0 Å². The van der Waals surface area contributed by atoms with Crippen molar-refractivity contribution < 1.29 is 27.6 Å². The number of pyridine rings is 1. The second-order valence-electron chi connectivity index (χ2n) is 16.8. The zero-order valence-electron chi connectivity index (χ0n) is 33.6. The molecule has 4 aliphatic rings. The number of carbonyl (C=O) groups is 3. The number of carbonyl (C=O) groups excluding carboxylic acids is 3. The van der Waals surface area contributed by atoms with E-state index in [1.807, 2.05) is 52.0 Å². The molecule has 308 valence electrons. The Hall–Kier alpha value is -5.30. The highest BCUT2D eigenvalue weighted by atomic mass is 19.4. The largest absolute Gasteiger partial charge is 0.453 e. The number of aryl methyl sites for hydroxylation is 1. The van der Waals surface area contributed by atoms with E-state index in [0.717, 1.165) is 60.6 Å². The van der Waals surface area contributed by atoms with Crippen LogP contribution in [-0.2, 0) is 27.0 Å². The molecule has 3 aromatic rings. The summed E-state index contributed by atoms with van der Waals surface area (Å²) in [6.07, 6.45) is 0.499. The van der Waals surface area contributed by atoms with E-state index in [1.54, 1.807) is 11.1 Å². The molecule has 2 amide bonds. The lowest BCUT2D eigenvalue weighted by Crippen LogP contribution is -2.56. The van der Waals surface area contributed by atoms with E-state index in [0.29, 0.717) is 50.7 Å². The summed E-state index contributed by atoms with van der Waals surface area (Å²) >= 11 is 0. The highest BCUT2D eigenvalue weighted by Crippen LogP contribution is 2.32. The van der Waals surface area contributed by atoms with Crippen molar-refractivity contribution in [3.05, 3.63) is 70.9 Å². The van der Waals surface area contributed by atoms with Gasteiger partial charge in [0, 0.05) is 94.9 Å². The van der Waals surface area contributed by atoms with Crippen LogP contribution in [0.2, 0.25) is 0 Å². The Balaban J connectivity index is 0.843. The fourth-order valence-electron chi connectivity index (χ4n) is 8.11. The average molecular weight is 801 g/mol. The van der Waals surface area contributed by atoms with Crippen LogP contribution < -0.4 is 10.2 Å². The molecule has 3 fully saturated rings. The van der Waals surface area contributed by atoms with E-state index >= 15 is 0 Å². The van der Waals surface area contributed by atoms with E-state index in [-0.39, 0.29) is 42.4 Å². The molecule has 4 aliphatic heterocycles. The Kier molecular flexibility index (Phi) is 11.9. The second kappa shape index (κ2) is 16.9. The zero-order chi connectivity index (χ0) is 41.2. The number of rotatable bonds is 7. The van der Waals surface area contributed by atoms with Crippen molar-refractivity contribution in [3.63, 3.8) is 0 Å². The van der Waals surface area contributed by atoms with E-state index in [1.165, 1.54) is 5.56 Å². The van der Waals surface area contributed by atoms with Gasteiger partial charge in [-0.1, -0.05) is 44.7 Å². The van der Waals surface area contributed by atoms with Gasteiger partial charge >= 0.3 is 6.18 Å². The number of aromatic nitrogens is 4. The normalized spacial score (nSPS) is 20.0. The summed E-state index contributed by atoms with van der Waals surface area (Å²) in [7, 11) is 0. The summed E-state index contributed by atoms with van der Waals surface area (Å²) in [6, 6.07) is 11.4. The third-order valence-corrected chi connectivity index (χ3v) is 11.5. The molecule has 0 spiro atoms. The minimum Gasteiger partial charge on any atom is -0.359 e. The van der Waals surface area contributed by atoms with Crippen LogP contribution in [0.3, 0.4) is 0 Å². The highest BCUT2D eigenvalue weighted by molar-refractivity contribution is 5.94. The van der Waals surface area contributed by atoms with Gasteiger partial charge < -0.3 is 20.0 Å². The van der Waals surface area contributed by atoms with Gasteiger partial charge in [-0.25, -0.2) is 4.98 Å². The Labute approximate surface area is 337 Å². The number of alkyl halides is 3. The van der Waals surface area contributed by atoms with Crippen LogP contribution in [0.1, 0.15) is 94.1 Å². The summed E-state index contributed by atoms with van der Waals surface area (Å²) in [5, 5.41) is 14.2. The van der Waals surface area contributed by atoms with Crippen LogP contribution in [0.4, 0.5) is 19.0 Å². The number of halogens is 3. The monoisotopic (exact) mass is 800 g/mol. The third kappa shape index (κ3) is 9.52. The van der Waals surface area contributed by atoms with Gasteiger partial charge in [-0.05, 0) is 60.9 Å². The number of ketones is 1. The fraction of sp³-hybridized carbons (Fsp3) is 0.548. The maximum atomic E-state index is 13.4. The Morgan fingerprint density at radius 3 is 2.21 bits per heavy atom. The van der Waals surface area contributed by atoms with Gasteiger partial charge in [-0.3, -0.25) is 19.3 Å². The quantitative estimate of drug-likeness (QED) is 0.348. The molecule has 0 aliphatic carbocycles. The molecule has 0 bridgehead atoms. The summed E-state index contributed by atoms with van der Waals surface area (Å²) < 4.78 is 40.9. The van der Waals surface area contributed by atoms with E-state index in [4.69, 9.17) is 0 Å². The molecule has 2 aromatic heterocycles. The van der Waals surface area contributed by atoms with Crippen LogP contribution >= 0.6 is 0 Å². The summed E-state index contributed by atoms with van der Waals surface area (Å²) in [5.74, 6) is 7.17. The first-order chi connectivity index (χ1) is 27.6. The van der Waals surface area contributed by atoms with Crippen LogP contribution in [-0.4, -0.2) is 122 Å². The van der Waals surface area contributed by atoms with Crippen molar-refractivity contribution in [1.29, 1.82) is 0 Å². The molecule has 58 heavy (non-hydrogen) atoms.